The molecule has 168 valence electrons. The van der Waals surface area contributed by atoms with Crippen LogP contribution in [0.2, 0.25) is 0 Å². The number of piperazine rings is 1. The van der Waals surface area contributed by atoms with Crippen LogP contribution >= 0.6 is 0 Å². The molecule has 10 heteroatoms. The Morgan fingerprint density at radius 3 is 2.59 bits per heavy atom. The van der Waals surface area contributed by atoms with Crippen LogP contribution in [0.3, 0.4) is 0 Å². The van der Waals surface area contributed by atoms with Crippen LogP contribution in [0.4, 0.5) is 10.1 Å². The number of nitrogens with one attached hydrogen (secondary N) is 2. The third-order valence-electron chi connectivity index (χ3n) is 6.45. The van der Waals surface area contributed by atoms with Crippen LogP contribution < -0.4 is 10.2 Å². The lowest BCUT2D eigenvalue weighted by Crippen LogP contribution is -2.52. The summed E-state index contributed by atoms with van der Waals surface area (Å²) in [6, 6.07) is 4.05. The molecule has 2 fully saturated rings. The van der Waals surface area contributed by atoms with Crippen LogP contribution in [0.5, 0.6) is 0 Å². The van der Waals surface area contributed by atoms with Gasteiger partial charge in [0.2, 0.25) is 11.8 Å². The monoisotopic (exact) mass is 440 g/mol. The molecule has 1 aromatic carbocycles. The number of halogens is 1. The molecule has 0 saturated carbocycles. The summed E-state index contributed by atoms with van der Waals surface area (Å²) in [7, 11) is 0. The number of aromatic nitrogens is 2. The molecular weight excluding hydrogens is 415 g/mol. The number of imide groups is 1. The van der Waals surface area contributed by atoms with Gasteiger partial charge in [-0.05, 0) is 31.5 Å². The van der Waals surface area contributed by atoms with Crippen LogP contribution in [0, 0.1) is 12.7 Å². The summed E-state index contributed by atoms with van der Waals surface area (Å²) in [6.07, 6.45) is 0.475. The second-order valence-electron chi connectivity index (χ2n) is 8.66. The van der Waals surface area contributed by atoms with Crippen LogP contribution in [0.25, 0.3) is 0 Å². The molecule has 3 amide bonds. The minimum atomic E-state index is -0.710. The van der Waals surface area contributed by atoms with Crippen molar-refractivity contribution < 1.29 is 18.8 Å². The quantitative estimate of drug-likeness (QED) is 0.687. The Bertz CT molecular complexity index is 1090. The van der Waals surface area contributed by atoms with E-state index in [1.165, 1.54) is 17.0 Å². The highest BCUT2D eigenvalue weighted by Crippen LogP contribution is 2.35. The molecule has 32 heavy (non-hydrogen) atoms. The number of carbonyl (C=O) groups is 3. The minimum absolute atomic E-state index is 0.190. The van der Waals surface area contributed by atoms with Gasteiger partial charge in [-0.3, -0.25) is 29.7 Å². The Morgan fingerprint density at radius 2 is 1.91 bits per heavy atom. The number of hydrogen-bond acceptors (Lipinski definition) is 6. The number of aryl methyl sites for hydroxylation is 1. The van der Waals surface area contributed by atoms with Gasteiger partial charge in [-0.25, -0.2) is 4.39 Å². The summed E-state index contributed by atoms with van der Waals surface area (Å²) in [5.41, 5.74) is 3.78. The lowest BCUT2D eigenvalue weighted by Gasteiger charge is -2.36. The molecule has 1 aromatic heterocycles. The Morgan fingerprint density at radius 1 is 1.12 bits per heavy atom. The normalized spacial score (nSPS) is 21.8. The second kappa shape index (κ2) is 8.01. The summed E-state index contributed by atoms with van der Waals surface area (Å²) in [4.78, 5) is 42.7. The lowest BCUT2D eigenvalue weighted by atomic mass is 10.0. The summed E-state index contributed by atoms with van der Waals surface area (Å²) in [5, 5.41) is 9.55. The highest BCUT2D eigenvalue weighted by Gasteiger charge is 2.41. The third kappa shape index (κ3) is 3.75. The van der Waals surface area contributed by atoms with E-state index in [4.69, 9.17) is 0 Å². The van der Waals surface area contributed by atoms with E-state index in [9.17, 15) is 18.8 Å². The van der Waals surface area contributed by atoms with Gasteiger partial charge in [-0.1, -0.05) is 0 Å². The summed E-state index contributed by atoms with van der Waals surface area (Å²) < 4.78 is 14.5. The number of anilines is 1. The maximum Gasteiger partial charge on any atom is 0.255 e. The van der Waals surface area contributed by atoms with Gasteiger partial charge in [0.05, 0.1) is 5.69 Å². The Balaban J connectivity index is 1.32. The van der Waals surface area contributed by atoms with E-state index in [1.807, 2.05) is 13.0 Å². The molecule has 5 rings (SSSR count). The average Bonchev–Trinajstić information content (AvgIpc) is 3.31. The molecule has 0 radical (unpaired) electrons. The maximum absolute atomic E-state index is 14.5. The van der Waals surface area contributed by atoms with Gasteiger partial charge in [0.15, 0.2) is 0 Å². The fraction of sp³-hybridized carbons (Fsp3) is 0.455. The minimum Gasteiger partial charge on any atom is -0.369 e. The number of hydrogen-bond donors (Lipinski definition) is 2. The number of nitrogens with zero attached hydrogens (tertiary/aromatic N) is 4. The highest BCUT2D eigenvalue weighted by atomic mass is 19.1. The van der Waals surface area contributed by atoms with Crippen molar-refractivity contribution in [2.75, 3.05) is 31.1 Å². The molecule has 1 unspecified atom stereocenters. The summed E-state index contributed by atoms with van der Waals surface area (Å²) in [6.45, 7) is 5.95. The molecule has 2 saturated heterocycles. The zero-order valence-corrected chi connectivity index (χ0v) is 17.9. The molecule has 2 aromatic rings. The van der Waals surface area contributed by atoms with Gasteiger partial charge < -0.3 is 9.80 Å². The van der Waals surface area contributed by atoms with E-state index in [0.717, 1.165) is 36.6 Å². The third-order valence-corrected chi connectivity index (χ3v) is 6.45. The molecule has 9 nitrogen and oxygen atoms in total. The number of aromatic amines is 1. The largest absolute Gasteiger partial charge is 0.369 e. The molecule has 3 aliphatic heterocycles. The van der Waals surface area contributed by atoms with Gasteiger partial charge in [0.25, 0.3) is 5.91 Å². The molecule has 3 aliphatic rings. The number of H-pyrrole nitrogens is 1. The van der Waals surface area contributed by atoms with Gasteiger partial charge in [0.1, 0.15) is 11.9 Å². The molecule has 0 aliphatic carbocycles. The second-order valence-corrected chi connectivity index (χ2v) is 8.66. The number of fused-ring (bicyclic) bond motifs is 1. The van der Waals surface area contributed by atoms with Gasteiger partial charge in [-0.2, -0.15) is 5.10 Å². The van der Waals surface area contributed by atoms with Crippen molar-refractivity contribution in [2.24, 2.45) is 0 Å². The van der Waals surface area contributed by atoms with E-state index >= 15 is 0 Å². The predicted octanol–water partition coefficient (Wildman–Crippen LogP) is 0.940. The van der Waals surface area contributed by atoms with Crippen LogP contribution in [0.15, 0.2) is 18.2 Å². The summed E-state index contributed by atoms with van der Waals surface area (Å²) in [5.74, 6) is -1.62. The number of rotatable bonds is 4. The highest BCUT2D eigenvalue weighted by molar-refractivity contribution is 6.06. The number of benzene rings is 1. The zero-order chi connectivity index (χ0) is 22.4. The first-order valence-electron chi connectivity index (χ1n) is 10.8. The van der Waals surface area contributed by atoms with Gasteiger partial charge in [0, 0.05) is 68.2 Å². The Hall–Kier alpha value is -3.27. The number of amides is 3. The first-order chi connectivity index (χ1) is 15.4. The SMILES string of the molecule is Cc1cc(CN2CCN(c3cc(F)cc4c3CN(C3CCC(=O)NC3=O)C4=O)CC2)n[nH]1. The molecule has 0 spiro atoms. The van der Waals surface area contributed by atoms with Crippen molar-refractivity contribution in [3.05, 3.63) is 46.5 Å². The Kier molecular flexibility index (Phi) is 5.16. The van der Waals surface area contributed by atoms with Crippen LogP contribution in [-0.2, 0) is 22.7 Å². The van der Waals surface area contributed by atoms with E-state index in [1.54, 1.807) is 0 Å². The van der Waals surface area contributed by atoms with E-state index in [-0.39, 0.29) is 31.2 Å². The topological polar surface area (TPSA) is 102 Å². The predicted molar refractivity (Wildman–Crippen MR) is 113 cm³/mol. The van der Waals surface area contributed by atoms with E-state index < -0.39 is 17.8 Å². The molecule has 0 bridgehead atoms. The molecule has 4 heterocycles. The smallest absolute Gasteiger partial charge is 0.255 e. The zero-order valence-electron chi connectivity index (χ0n) is 17.9. The standard InChI is InChI=1S/C22H25FN6O3/c1-13-8-15(26-25-13)11-27-4-6-28(7-5-27)19-10-14(23)9-16-17(19)12-29(22(16)32)18-2-3-20(30)24-21(18)31/h8-10,18H,2-7,11-12H2,1H3,(H,25,26)(H,24,30,31). The van der Waals surface area contributed by atoms with Crippen LogP contribution in [-0.4, -0.2) is 69.9 Å². The first kappa shape index (κ1) is 20.6. The molecule has 1 atom stereocenters. The van der Waals surface area contributed by atoms with Crippen molar-refractivity contribution in [3.8, 4) is 0 Å². The van der Waals surface area contributed by atoms with Crippen molar-refractivity contribution >= 4 is 23.4 Å². The maximum atomic E-state index is 14.5. The van der Waals surface area contributed by atoms with Crippen LogP contribution in [0.1, 0.15) is 40.2 Å². The first-order valence-corrected chi connectivity index (χ1v) is 10.8. The van der Waals surface area contributed by atoms with Crippen molar-refractivity contribution in [2.45, 2.75) is 38.9 Å². The van der Waals surface area contributed by atoms with E-state index in [2.05, 4.69) is 25.3 Å². The number of piperidine rings is 1. The fourth-order valence-electron chi connectivity index (χ4n) is 4.82. The number of carbonyl (C=O) groups excluding carboxylic acids is 3. The fourth-order valence-corrected chi connectivity index (χ4v) is 4.82. The summed E-state index contributed by atoms with van der Waals surface area (Å²) >= 11 is 0. The van der Waals surface area contributed by atoms with E-state index in [0.29, 0.717) is 24.3 Å². The lowest BCUT2D eigenvalue weighted by molar-refractivity contribution is -0.136. The Labute approximate surface area is 184 Å². The van der Waals surface area contributed by atoms with Gasteiger partial charge >= 0.3 is 0 Å². The van der Waals surface area contributed by atoms with Crippen molar-refractivity contribution in [3.63, 3.8) is 0 Å². The average molecular weight is 440 g/mol. The van der Waals surface area contributed by atoms with Gasteiger partial charge in [-0.15, -0.1) is 0 Å². The molecule has 2 N–H and O–H groups in total. The van der Waals surface area contributed by atoms with Crippen molar-refractivity contribution in [1.82, 2.24) is 25.3 Å². The molecular formula is C22H25FN6O3. The van der Waals surface area contributed by atoms with Crippen molar-refractivity contribution in [1.29, 1.82) is 0 Å².